The van der Waals surface area contributed by atoms with Crippen molar-refractivity contribution in [3.05, 3.63) is 36.2 Å². The standard InChI is InChI=1S/C17H23N3O3S/c1-24(21,22)15-8-5-11-20(12-9-15)13-10-16-18-17(19-23-16)14-6-3-2-4-7-14/h2-4,6-7,15H,5,8-13H2,1H3. The molecule has 1 unspecified atom stereocenters. The van der Waals surface area contributed by atoms with Gasteiger partial charge in [-0.05, 0) is 32.4 Å². The fraction of sp³-hybridized carbons (Fsp3) is 0.529. The Morgan fingerprint density at radius 1 is 1.21 bits per heavy atom. The van der Waals surface area contributed by atoms with Gasteiger partial charge >= 0.3 is 0 Å². The average molecular weight is 349 g/mol. The molecule has 0 saturated carbocycles. The van der Waals surface area contributed by atoms with Gasteiger partial charge in [-0.3, -0.25) is 0 Å². The fourth-order valence-corrected chi connectivity index (χ4v) is 4.22. The lowest BCUT2D eigenvalue weighted by Crippen LogP contribution is -2.28. The summed E-state index contributed by atoms with van der Waals surface area (Å²) in [7, 11) is -2.93. The summed E-state index contributed by atoms with van der Waals surface area (Å²) in [6.45, 7) is 2.54. The largest absolute Gasteiger partial charge is 0.339 e. The van der Waals surface area contributed by atoms with Gasteiger partial charge in [0.05, 0.1) is 5.25 Å². The molecule has 0 amide bonds. The van der Waals surface area contributed by atoms with E-state index in [-0.39, 0.29) is 5.25 Å². The second kappa shape index (κ2) is 7.44. The van der Waals surface area contributed by atoms with Gasteiger partial charge < -0.3 is 9.42 Å². The first-order valence-electron chi connectivity index (χ1n) is 8.31. The van der Waals surface area contributed by atoms with Crippen molar-refractivity contribution in [2.75, 3.05) is 25.9 Å². The molecule has 0 radical (unpaired) electrons. The van der Waals surface area contributed by atoms with Crippen molar-refractivity contribution in [1.82, 2.24) is 15.0 Å². The first-order chi connectivity index (χ1) is 11.5. The van der Waals surface area contributed by atoms with Crippen molar-refractivity contribution in [2.45, 2.75) is 30.9 Å². The van der Waals surface area contributed by atoms with Gasteiger partial charge in [0.2, 0.25) is 11.7 Å². The minimum atomic E-state index is -2.93. The number of hydrogen-bond donors (Lipinski definition) is 0. The van der Waals surface area contributed by atoms with Gasteiger partial charge in [0.15, 0.2) is 0 Å². The molecular weight excluding hydrogens is 326 g/mol. The normalized spacial score (nSPS) is 20.0. The third-order valence-electron chi connectivity index (χ3n) is 4.52. The summed E-state index contributed by atoms with van der Waals surface area (Å²) in [5.74, 6) is 1.23. The lowest BCUT2D eigenvalue weighted by atomic mass is 10.2. The molecule has 2 heterocycles. The van der Waals surface area contributed by atoms with Crippen LogP contribution in [0.5, 0.6) is 0 Å². The summed E-state index contributed by atoms with van der Waals surface area (Å²) < 4.78 is 28.8. The fourth-order valence-electron chi connectivity index (χ4n) is 3.09. The predicted octanol–water partition coefficient (Wildman–Crippen LogP) is 2.18. The van der Waals surface area contributed by atoms with E-state index in [9.17, 15) is 8.42 Å². The summed E-state index contributed by atoms with van der Waals surface area (Å²) in [5.41, 5.74) is 0.943. The topological polar surface area (TPSA) is 76.3 Å². The molecule has 1 aromatic carbocycles. The predicted molar refractivity (Wildman–Crippen MR) is 92.4 cm³/mol. The van der Waals surface area contributed by atoms with E-state index in [1.807, 2.05) is 30.3 Å². The molecule has 1 fully saturated rings. The molecule has 1 saturated heterocycles. The summed E-state index contributed by atoms with van der Waals surface area (Å²) in [6, 6.07) is 9.75. The van der Waals surface area contributed by atoms with E-state index in [4.69, 9.17) is 4.52 Å². The van der Waals surface area contributed by atoms with E-state index in [1.54, 1.807) is 0 Å². The summed E-state index contributed by atoms with van der Waals surface area (Å²) in [6.07, 6.45) is 4.41. The Kier molecular flexibility index (Phi) is 5.30. The number of nitrogens with zero attached hydrogens (tertiary/aromatic N) is 3. The lowest BCUT2D eigenvalue weighted by molar-refractivity contribution is 0.272. The van der Waals surface area contributed by atoms with Crippen molar-refractivity contribution in [2.24, 2.45) is 0 Å². The van der Waals surface area contributed by atoms with Crippen molar-refractivity contribution in [1.29, 1.82) is 0 Å². The molecule has 1 aliphatic heterocycles. The van der Waals surface area contributed by atoms with Crippen LogP contribution in [0.15, 0.2) is 34.9 Å². The minimum Gasteiger partial charge on any atom is -0.339 e. The molecule has 1 aromatic heterocycles. The molecule has 6 nitrogen and oxygen atoms in total. The van der Waals surface area contributed by atoms with Crippen LogP contribution >= 0.6 is 0 Å². The molecule has 24 heavy (non-hydrogen) atoms. The molecule has 0 spiro atoms. The molecule has 1 atom stereocenters. The molecule has 2 aromatic rings. The second-order valence-corrected chi connectivity index (χ2v) is 8.68. The summed E-state index contributed by atoms with van der Waals surface area (Å²) >= 11 is 0. The molecule has 1 aliphatic rings. The van der Waals surface area contributed by atoms with Crippen LogP contribution in [0.4, 0.5) is 0 Å². The Balaban J connectivity index is 1.54. The highest BCUT2D eigenvalue weighted by atomic mass is 32.2. The Morgan fingerprint density at radius 2 is 2.00 bits per heavy atom. The SMILES string of the molecule is CS(=O)(=O)C1CCCN(CCc2nc(-c3ccccc3)no2)CC1. The van der Waals surface area contributed by atoms with Crippen LogP contribution in [0.3, 0.4) is 0 Å². The Hall–Kier alpha value is -1.73. The second-order valence-electron chi connectivity index (χ2n) is 6.35. The van der Waals surface area contributed by atoms with Crippen LogP contribution in [0.2, 0.25) is 0 Å². The number of sulfone groups is 1. The Morgan fingerprint density at radius 3 is 2.75 bits per heavy atom. The zero-order valence-corrected chi connectivity index (χ0v) is 14.7. The first kappa shape index (κ1) is 17.1. The molecule has 7 heteroatoms. The van der Waals surface area contributed by atoms with Gasteiger partial charge in [0.1, 0.15) is 9.84 Å². The zero-order chi connectivity index (χ0) is 17.0. The number of hydrogen-bond acceptors (Lipinski definition) is 6. The molecule has 0 bridgehead atoms. The zero-order valence-electron chi connectivity index (χ0n) is 13.9. The van der Waals surface area contributed by atoms with E-state index in [0.29, 0.717) is 24.6 Å². The quantitative estimate of drug-likeness (QED) is 0.823. The van der Waals surface area contributed by atoms with Gasteiger partial charge in [-0.2, -0.15) is 4.98 Å². The van der Waals surface area contributed by atoms with Crippen molar-refractivity contribution in [3.8, 4) is 11.4 Å². The van der Waals surface area contributed by atoms with E-state index >= 15 is 0 Å². The third kappa shape index (κ3) is 4.42. The number of benzene rings is 1. The monoisotopic (exact) mass is 349 g/mol. The van der Waals surface area contributed by atoms with Gasteiger partial charge in [0.25, 0.3) is 0 Å². The summed E-state index contributed by atoms with van der Waals surface area (Å²) in [5, 5.41) is 3.83. The van der Waals surface area contributed by atoms with E-state index in [1.165, 1.54) is 6.26 Å². The van der Waals surface area contributed by atoms with E-state index < -0.39 is 9.84 Å². The number of aromatic nitrogens is 2. The third-order valence-corrected chi connectivity index (χ3v) is 6.20. The van der Waals surface area contributed by atoms with Crippen molar-refractivity contribution < 1.29 is 12.9 Å². The van der Waals surface area contributed by atoms with Crippen molar-refractivity contribution >= 4 is 9.84 Å². The molecule has 3 rings (SSSR count). The van der Waals surface area contributed by atoms with Gasteiger partial charge in [-0.15, -0.1) is 0 Å². The van der Waals surface area contributed by atoms with Crippen LogP contribution in [0.25, 0.3) is 11.4 Å². The number of rotatable bonds is 5. The van der Waals surface area contributed by atoms with Crippen LogP contribution in [0.1, 0.15) is 25.2 Å². The highest BCUT2D eigenvalue weighted by Gasteiger charge is 2.24. The van der Waals surface area contributed by atoms with Gasteiger partial charge in [-0.25, -0.2) is 8.42 Å². The van der Waals surface area contributed by atoms with E-state index in [0.717, 1.165) is 38.0 Å². The molecule has 0 N–H and O–H groups in total. The molecule has 0 aliphatic carbocycles. The average Bonchev–Trinajstić information content (AvgIpc) is 2.90. The van der Waals surface area contributed by atoms with Crippen molar-refractivity contribution in [3.63, 3.8) is 0 Å². The van der Waals surface area contributed by atoms with E-state index in [2.05, 4.69) is 15.0 Å². The highest BCUT2D eigenvalue weighted by Crippen LogP contribution is 2.18. The van der Waals surface area contributed by atoms with Crippen LogP contribution in [0, 0.1) is 0 Å². The van der Waals surface area contributed by atoms with Crippen LogP contribution in [-0.2, 0) is 16.3 Å². The lowest BCUT2D eigenvalue weighted by Gasteiger charge is -2.18. The Bertz CT molecular complexity index is 758. The minimum absolute atomic E-state index is 0.199. The Labute approximate surface area is 142 Å². The smallest absolute Gasteiger partial charge is 0.228 e. The van der Waals surface area contributed by atoms with Gasteiger partial charge in [0, 0.05) is 24.8 Å². The van der Waals surface area contributed by atoms with Crippen LogP contribution < -0.4 is 0 Å². The van der Waals surface area contributed by atoms with Gasteiger partial charge in [-0.1, -0.05) is 35.5 Å². The maximum absolute atomic E-state index is 11.7. The summed E-state index contributed by atoms with van der Waals surface area (Å²) in [4.78, 5) is 6.73. The molecular formula is C17H23N3O3S. The molecule has 130 valence electrons. The maximum atomic E-state index is 11.7. The highest BCUT2D eigenvalue weighted by molar-refractivity contribution is 7.91. The maximum Gasteiger partial charge on any atom is 0.228 e. The van der Waals surface area contributed by atoms with Crippen LogP contribution in [-0.4, -0.2) is 54.6 Å². The number of likely N-dealkylation sites (tertiary alicyclic amines) is 1. The first-order valence-corrected chi connectivity index (χ1v) is 10.3.